The van der Waals surface area contributed by atoms with E-state index >= 15 is 0 Å². The molecule has 3 aromatic rings. The Morgan fingerprint density at radius 3 is 2.77 bits per heavy atom. The van der Waals surface area contributed by atoms with Crippen LogP contribution in [0.2, 0.25) is 0 Å². The third-order valence-corrected chi connectivity index (χ3v) is 4.36. The molecule has 1 aliphatic rings. The fourth-order valence-electron chi connectivity index (χ4n) is 2.62. The SMILES string of the molecule is O=C(Nc1ccc2ccc(=O)oc2c1)C1=Cc2cc(Br)ccc2OC=C1. The van der Waals surface area contributed by atoms with Crippen LogP contribution in [-0.2, 0) is 4.79 Å². The molecular formula is C20H12BrNO4. The van der Waals surface area contributed by atoms with E-state index in [1.165, 1.54) is 12.3 Å². The van der Waals surface area contributed by atoms with E-state index in [2.05, 4.69) is 21.2 Å². The van der Waals surface area contributed by atoms with Crippen molar-refractivity contribution < 1.29 is 13.9 Å². The van der Waals surface area contributed by atoms with Crippen molar-refractivity contribution in [1.82, 2.24) is 0 Å². The van der Waals surface area contributed by atoms with Crippen LogP contribution in [0, 0.1) is 0 Å². The van der Waals surface area contributed by atoms with Gasteiger partial charge in [0.2, 0.25) is 0 Å². The van der Waals surface area contributed by atoms with E-state index in [4.69, 9.17) is 9.15 Å². The average Bonchev–Trinajstić information content (AvgIpc) is 2.83. The fraction of sp³-hybridized carbons (Fsp3) is 0. The second-order valence-corrected chi connectivity index (χ2v) is 6.58. The van der Waals surface area contributed by atoms with Gasteiger partial charge in [-0.1, -0.05) is 15.9 Å². The summed E-state index contributed by atoms with van der Waals surface area (Å²) >= 11 is 3.41. The zero-order valence-electron chi connectivity index (χ0n) is 13.4. The van der Waals surface area contributed by atoms with Gasteiger partial charge in [-0.3, -0.25) is 4.79 Å². The minimum absolute atomic E-state index is 0.296. The summed E-state index contributed by atoms with van der Waals surface area (Å²) in [5.41, 5.74) is 1.74. The quantitative estimate of drug-likeness (QED) is 0.633. The summed E-state index contributed by atoms with van der Waals surface area (Å²) in [4.78, 5) is 24.0. The molecule has 0 bridgehead atoms. The monoisotopic (exact) mass is 409 g/mol. The third-order valence-electron chi connectivity index (χ3n) is 3.87. The van der Waals surface area contributed by atoms with Gasteiger partial charge < -0.3 is 14.5 Å². The summed E-state index contributed by atoms with van der Waals surface area (Å²) in [6, 6.07) is 13.8. The van der Waals surface area contributed by atoms with Gasteiger partial charge in [0.25, 0.3) is 5.91 Å². The second-order valence-electron chi connectivity index (χ2n) is 5.66. The highest BCUT2D eigenvalue weighted by Gasteiger charge is 2.13. The molecule has 1 aromatic heterocycles. The van der Waals surface area contributed by atoms with Crippen LogP contribution in [0.4, 0.5) is 5.69 Å². The fourth-order valence-corrected chi connectivity index (χ4v) is 3.00. The van der Waals surface area contributed by atoms with Crippen molar-refractivity contribution in [3.8, 4) is 5.75 Å². The van der Waals surface area contributed by atoms with E-state index in [0.29, 0.717) is 22.6 Å². The summed E-state index contributed by atoms with van der Waals surface area (Å²) in [7, 11) is 0. The van der Waals surface area contributed by atoms with Crippen molar-refractivity contribution in [3.63, 3.8) is 0 Å². The van der Waals surface area contributed by atoms with Gasteiger partial charge in [0.05, 0.1) is 6.26 Å². The highest BCUT2D eigenvalue weighted by atomic mass is 79.9. The second kappa shape index (κ2) is 6.65. The van der Waals surface area contributed by atoms with Gasteiger partial charge in [-0.25, -0.2) is 4.79 Å². The summed E-state index contributed by atoms with van der Waals surface area (Å²) in [6.45, 7) is 0. The molecule has 1 N–H and O–H groups in total. The lowest BCUT2D eigenvalue weighted by atomic mass is 10.1. The predicted molar refractivity (Wildman–Crippen MR) is 103 cm³/mol. The van der Waals surface area contributed by atoms with Crippen LogP contribution in [0.25, 0.3) is 17.0 Å². The number of halogens is 1. The van der Waals surface area contributed by atoms with Gasteiger partial charge in [-0.2, -0.15) is 0 Å². The number of ether oxygens (including phenoxy) is 1. The number of anilines is 1. The molecule has 0 saturated heterocycles. The molecular weight excluding hydrogens is 398 g/mol. The normalized spacial score (nSPS) is 12.7. The Kier molecular flexibility index (Phi) is 4.18. The molecule has 26 heavy (non-hydrogen) atoms. The third kappa shape index (κ3) is 3.32. The van der Waals surface area contributed by atoms with Crippen LogP contribution in [0.3, 0.4) is 0 Å². The highest BCUT2D eigenvalue weighted by Crippen LogP contribution is 2.28. The Bertz CT molecular complexity index is 1140. The first-order valence-corrected chi connectivity index (χ1v) is 8.57. The molecule has 0 fully saturated rings. The van der Waals surface area contributed by atoms with Crippen molar-refractivity contribution in [2.24, 2.45) is 0 Å². The highest BCUT2D eigenvalue weighted by molar-refractivity contribution is 9.10. The van der Waals surface area contributed by atoms with Crippen LogP contribution < -0.4 is 15.7 Å². The minimum Gasteiger partial charge on any atom is -0.464 e. The molecule has 4 rings (SSSR count). The summed E-state index contributed by atoms with van der Waals surface area (Å²) in [6.07, 6.45) is 4.83. The number of hydrogen-bond acceptors (Lipinski definition) is 4. The standard InChI is InChI=1S/C20H12BrNO4/c21-15-3-5-17-14(10-15)9-13(7-8-25-17)20(24)22-16-4-1-12-2-6-19(23)26-18(12)11-16/h1-11H,(H,22,24). The molecule has 5 nitrogen and oxygen atoms in total. The number of hydrogen-bond donors (Lipinski definition) is 1. The lowest BCUT2D eigenvalue weighted by molar-refractivity contribution is -0.112. The maximum atomic E-state index is 12.6. The molecule has 2 aromatic carbocycles. The van der Waals surface area contributed by atoms with E-state index in [-0.39, 0.29) is 5.91 Å². The Morgan fingerprint density at radius 2 is 1.88 bits per heavy atom. The van der Waals surface area contributed by atoms with Gasteiger partial charge in [0.15, 0.2) is 0 Å². The Morgan fingerprint density at radius 1 is 1.04 bits per heavy atom. The van der Waals surface area contributed by atoms with E-state index in [1.807, 2.05) is 18.2 Å². The first kappa shape index (κ1) is 16.4. The largest absolute Gasteiger partial charge is 0.464 e. The molecule has 0 atom stereocenters. The van der Waals surface area contributed by atoms with E-state index in [1.54, 1.807) is 36.4 Å². The van der Waals surface area contributed by atoms with Crippen molar-refractivity contribution in [1.29, 1.82) is 0 Å². The first-order chi connectivity index (χ1) is 12.6. The zero-order chi connectivity index (χ0) is 18.1. The number of carbonyl (C=O) groups is 1. The number of nitrogens with one attached hydrogen (secondary N) is 1. The molecule has 6 heteroatoms. The number of fused-ring (bicyclic) bond motifs is 2. The molecule has 2 heterocycles. The van der Waals surface area contributed by atoms with E-state index < -0.39 is 5.63 Å². The van der Waals surface area contributed by atoms with E-state index in [0.717, 1.165) is 15.4 Å². The van der Waals surface area contributed by atoms with Crippen molar-refractivity contribution >= 4 is 44.6 Å². The smallest absolute Gasteiger partial charge is 0.336 e. The zero-order valence-corrected chi connectivity index (χ0v) is 14.9. The first-order valence-electron chi connectivity index (χ1n) is 7.78. The molecule has 1 amide bonds. The summed E-state index contributed by atoms with van der Waals surface area (Å²) in [5, 5.41) is 3.59. The topological polar surface area (TPSA) is 68.5 Å². The Balaban J connectivity index is 1.64. The maximum Gasteiger partial charge on any atom is 0.336 e. The van der Waals surface area contributed by atoms with Crippen LogP contribution in [0.1, 0.15) is 5.56 Å². The molecule has 0 aliphatic carbocycles. The maximum absolute atomic E-state index is 12.6. The van der Waals surface area contributed by atoms with Crippen molar-refractivity contribution in [3.05, 3.63) is 86.9 Å². The Labute approximate surface area is 156 Å². The lowest BCUT2D eigenvalue weighted by Gasteiger charge is -2.07. The molecule has 0 saturated carbocycles. The Hall–Kier alpha value is -3.12. The number of carbonyl (C=O) groups excluding carboxylic acids is 1. The minimum atomic E-state index is -0.435. The van der Waals surface area contributed by atoms with Gasteiger partial charge in [0, 0.05) is 38.8 Å². The number of amides is 1. The summed E-state index contributed by atoms with van der Waals surface area (Å²) < 4.78 is 11.6. The molecule has 0 spiro atoms. The predicted octanol–water partition coefficient (Wildman–Crippen LogP) is 4.48. The van der Waals surface area contributed by atoms with Crippen molar-refractivity contribution in [2.75, 3.05) is 5.32 Å². The average molecular weight is 410 g/mol. The van der Waals surface area contributed by atoms with Crippen molar-refractivity contribution in [2.45, 2.75) is 0 Å². The summed E-state index contributed by atoms with van der Waals surface area (Å²) in [5.74, 6) is 0.370. The number of rotatable bonds is 2. The van der Waals surface area contributed by atoms with Crippen LogP contribution in [-0.4, -0.2) is 5.91 Å². The van der Waals surface area contributed by atoms with E-state index in [9.17, 15) is 9.59 Å². The van der Waals surface area contributed by atoms with Gasteiger partial charge in [-0.15, -0.1) is 0 Å². The molecule has 0 unspecified atom stereocenters. The molecule has 0 radical (unpaired) electrons. The van der Waals surface area contributed by atoms with Crippen LogP contribution >= 0.6 is 15.9 Å². The lowest BCUT2D eigenvalue weighted by Crippen LogP contribution is -2.13. The molecule has 128 valence electrons. The van der Waals surface area contributed by atoms with Gasteiger partial charge in [-0.05, 0) is 48.6 Å². The van der Waals surface area contributed by atoms with Crippen LogP contribution in [0.5, 0.6) is 5.75 Å². The van der Waals surface area contributed by atoms with Crippen LogP contribution in [0.15, 0.2) is 80.1 Å². The van der Waals surface area contributed by atoms with Gasteiger partial charge >= 0.3 is 5.63 Å². The van der Waals surface area contributed by atoms with Gasteiger partial charge in [0.1, 0.15) is 11.3 Å². The number of benzene rings is 2. The molecule has 1 aliphatic heterocycles.